The van der Waals surface area contributed by atoms with Gasteiger partial charge in [-0.3, -0.25) is 4.79 Å². The van der Waals surface area contributed by atoms with Crippen molar-refractivity contribution in [3.05, 3.63) is 86.9 Å². The Morgan fingerprint density at radius 3 is 2.81 bits per heavy atom. The molecular weight excluding hydrogens is 701 g/mol. The van der Waals surface area contributed by atoms with E-state index in [9.17, 15) is 19.2 Å². The first-order chi connectivity index (χ1) is 25.0. The van der Waals surface area contributed by atoms with Gasteiger partial charge in [0.05, 0.1) is 18.4 Å². The van der Waals surface area contributed by atoms with Gasteiger partial charge in [-0.05, 0) is 69.1 Å². The van der Waals surface area contributed by atoms with Gasteiger partial charge in [-0.25, -0.2) is 14.6 Å². The third-order valence-electron chi connectivity index (χ3n) is 12.1. The summed E-state index contributed by atoms with van der Waals surface area (Å²) in [6.45, 7) is 6.03. The molecule has 52 heavy (non-hydrogen) atoms. The number of hydrogen-bond donors (Lipinski definition) is 2. The van der Waals surface area contributed by atoms with Crippen molar-refractivity contribution >= 4 is 56.5 Å². The van der Waals surface area contributed by atoms with E-state index in [4.69, 9.17) is 19.6 Å². The summed E-state index contributed by atoms with van der Waals surface area (Å²) < 4.78 is 19.3. The number of carbonyl (C=O) groups excluding carboxylic acids is 3. The molecule has 2 aliphatic carbocycles. The quantitative estimate of drug-likeness (QED) is 0.0946. The van der Waals surface area contributed by atoms with Gasteiger partial charge < -0.3 is 34.6 Å². The number of ether oxygens (including phenoxy) is 2. The van der Waals surface area contributed by atoms with Crippen LogP contribution in [0.1, 0.15) is 56.2 Å². The predicted octanol–water partition coefficient (Wildman–Crippen LogP) is 4.77. The zero-order valence-electron chi connectivity index (χ0n) is 29.5. The summed E-state index contributed by atoms with van der Waals surface area (Å²) >= 11 is 0. The number of aromatic nitrogens is 1. The van der Waals surface area contributed by atoms with E-state index in [2.05, 4.69) is 16.4 Å². The number of anilines is 1. The van der Waals surface area contributed by atoms with Gasteiger partial charge in [0.25, 0.3) is 0 Å². The molecule has 0 bridgehead atoms. The maximum Gasteiger partial charge on any atom is 0.336 e. The Kier molecular flexibility index (Phi) is 8.81. The molecule has 1 amide bonds. The topological polar surface area (TPSA) is 154 Å². The first-order valence-electron chi connectivity index (χ1n) is 17.7. The van der Waals surface area contributed by atoms with Crippen LogP contribution in [0.4, 0.5) is 5.82 Å². The molecule has 11 nitrogen and oxygen atoms in total. The SMILES string of the molecule is C/C=C(\C)C(=O)O[C@]1(C)CC=C2CSS[C@@H]3C[C@H](C=O)[C@H](NC)[C@H]4CN(C(=O)Cc5cnc(N)cc5[C@H]2[C@]12Cc1cc5ccc(=O)oc5cc1O2)[C@H]43. The summed E-state index contributed by atoms with van der Waals surface area (Å²) in [7, 11) is 5.37. The summed E-state index contributed by atoms with van der Waals surface area (Å²) in [6.07, 6.45) is 8.18. The third-order valence-corrected chi connectivity index (χ3v) is 14.9. The third kappa shape index (κ3) is 5.49. The predicted molar refractivity (Wildman–Crippen MR) is 201 cm³/mol. The largest absolute Gasteiger partial charge is 0.481 e. The van der Waals surface area contributed by atoms with Crippen molar-refractivity contribution in [2.45, 2.75) is 80.9 Å². The normalized spacial score (nSPS) is 32.5. The summed E-state index contributed by atoms with van der Waals surface area (Å²) in [6, 6.07) is 8.73. The van der Waals surface area contributed by atoms with E-state index in [0.29, 0.717) is 54.3 Å². The zero-order chi connectivity index (χ0) is 36.5. The van der Waals surface area contributed by atoms with Crippen LogP contribution < -0.4 is 21.4 Å². The number of allylic oxidation sites excluding steroid dienone is 1. The first-order valence-corrected chi connectivity index (χ1v) is 20.1. The molecule has 2 aromatic heterocycles. The van der Waals surface area contributed by atoms with E-state index in [1.807, 2.05) is 31.0 Å². The van der Waals surface area contributed by atoms with E-state index in [0.717, 1.165) is 33.9 Å². The second-order valence-corrected chi connectivity index (χ2v) is 17.5. The first kappa shape index (κ1) is 35.0. The van der Waals surface area contributed by atoms with Gasteiger partial charge in [0.15, 0.2) is 11.2 Å². The molecule has 5 aliphatic rings. The number of fused-ring (bicyclic) bond motifs is 6. The lowest BCUT2D eigenvalue weighted by molar-refractivity contribution is -0.183. The number of nitrogens with one attached hydrogen (secondary N) is 1. The Hall–Kier alpha value is -4.07. The highest BCUT2D eigenvalue weighted by atomic mass is 33.1. The highest BCUT2D eigenvalue weighted by Gasteiger charge is 2.64. The van der Waals surface area contributed by atoms with Gasteiger partial charge in [-0.15, -0.1) is 0 Å². The number of amides is 1. The Morgan fingerprint density at radius 2 is 2.04 bits per heavy atom. The van der Waals surface area contributed by atoms with Crippen LogP contribution in [0.3, 0.4) is 0 Å². The number of rotatable bonds is 4. The van der Waals surface area contributed by atoms with E-state index >= 15 is 0 Å². The minimum Gasteiger partial charge on any atom is -0.481 e. The molecule has 0 radical (unpaired) electrons. The van der Waals surface area contributed by atoms with Crippen LogP contribution in [0.15, 0.2) is 69.0 Å². The number of nitrogens with two attached hydrogens (primary N) is 1. The van der Waals surface area contributed by atoms with E-state index in [1.165, 1.54) is 6.07 Å². The summed E-state index contributed by atoms with van der Waals surface area (Å²) in [5.74, 6) is 0.570. The molecule has 5 heterocycles. The molecular formula is C39H42N4O7S2. The number of esters is 1. The summed E-state index contributed by atoms with van der Waals surface area (Å²) in [5, 5.41) is 4.21. The van der Waals surface area contributed by atoms with Crippen LogP contribution in [0.25, 0.3) is 11.0 Å². The van der Waals surface area contributed by atoms with Crippen molar-refractivity contribution in [2.24, 2.45) is 11.8 Å². The molecule has 2 fully saturated rings. The smallest absolute Gasteiger partial charge is 0.336 e. The summed E-state index contributed by atoms with van der Waals surface area (Å²) in [4.78, 5) is 58.8. The lowest BCUT2D eigenvalue weighted by Gasteiger charge is -2.58. The van der Waals surface area contributed by atoms with Crippen LogP contribution in [-0.4, -0.2) is 75.9 Å². The molecule has 8 rings (SSSR count). The van der Waals surface area contributed by atoms with Crippen molar-refractivity contribution in [1.82, 2.24) is 15.2 Å². The van der Waals surface area contributed by atoms with Gasteiger partial charge in [-0.1, -0.05) is 39.3 Å². The fraction of sp³-hybridized carbons (Fsp3) is 0.462. The molecule has 1 spiro atoms. The van der Waals surface area contributed by atoms with Gasteiger partial charge in [-0.2, -0.15) is 0 Å². The van der Waals surface area contributed by atoms with Crippen molar-refractivity contribution in [3.8, 4) is 5.75 Å². The highest BCUT2D eigenvalue weighted by Crippen LogP contribution is 2.59. The number of benzene rings is 1. The van der Waals surface area contributed by atoms with Crippen LogP contribution in [-0.2, 0) is 32.0 Å². The second kappa shape index (κ2) is 13.1. The fourth-order valence-corrected chi connectivity index (χ4v) is 12.4. The minimum absolute atomic E-state index is 0.00478. The highest BCUT2D eigenvalue weighted by molar-refractivity contribution is 8.77. The summed E-state index contributed by atoms with van der Waals surface area (Å²) in [5.41, 5.74) is 7.98. The molecule has 3 aromatic rings. The Balaban J connectivity index is 1.28. The van der Waals surface area contributed by atoms with Crippen molar-refractivity contribution < 1.29 is 28.3 Å². The number of nitrogens with zero attached hydrogens (tertiary/aromatic N) is 2. The Morgan fingerprint density at radius 1 is 1.21 bits per heavy atom. The number of carbonyl (C=O) groups is 3. The maximum atomic E-state index is 14.3. The van der Waals surface area contributed by atoms with Gasteiger partial charge in [0, 0.05) is 77.6 Å². The minimum atomic E-state index is -1.18. The molecule has 1 saturated carbocycles. The monoisotopic (exact) mass is 742 g/mol. The average molecular weight is 743 g/mol. The number of nitrogen functional groups attached to an aromatic ring is 1. The maximum absolute atomic E-state index is 14.3. The fourth-order valence-electron chi connectivity index (χ4n) is 9.24. The Labute approximate surface area is 309 Å². The Bertz CT molecular complexity index is 2120. The van der Waals surface area contributed by atoms with Crippen molar-refractivity contribution in [2.75, 3.05) is 25.1 Å². The molecule has 3 N–H and O–H groups in total. The van der Waals surface area contributed by atoms with E-state index in [1.54, 1.807) is 59.8 Å². The van der Waals surface area contributed by atoms with Crippen molar-refractivity contribution in [1.29, 1.82) is 0 Å². The molecule has 1 aromatic carbocycles. The van der Waals surface area contributed by atoms with Crippen LogP contribution in [0, 0.1) is 11.8 Å². The zero-order valence-corrected chi connectivity index (χ0v) is 31.2. The molecule has 1 saturated heterocycles. The molecule has 272 valence electrons. The number of hydrogen-bond acceptors (Lipinski definition) is 12. The molecule has 0 unspecified atom stereocenters. The molecule has 13 heteroatoms. The standard InChI is InChI=1S/C39H42N4O7S2/c1-5-20(2)37(47)50-38(3)9-8-22-19-51-52-30-11-25(18-44)35(41-4)27-17-43(36(27)30)32(45)12-24-16-42-31(40)13-26(24)34(22)39(38)15-23-10-21-6-7-33(46)48-28(21)14-29(23)49-39/h5-8,10,13-14,16,18,25,27,30,34-36,41H,9,11-12,15,17,19H2,1-4H3,(H2,40,42)/b20-5+/t25-,27-,30-,34+,35+,36-,38-,39-/m1/s1. The average Bonchev–Trinajstić information content (AvgIpc) is 3.48. The van der Waals surface area contributed by atoms with Crippen molar-refractivity contribution in [3.63, 3.8) is 0 Å². The van der Waals surface area contributed by atoms with Gasteiger partial charge in [0.1, 0.15) is 23.4 Å². The number of aldehydes is 1. The van der Waals surface area contributed by atoms with Crippen LogP contribution in [0.5, 0.6) is 5.75 Å². The van der Waals surface area contributed by atoms with E-state index < -0.39 is 28.7 Å². The van der Waals surface area contributed by atoms with Gasteiger partial charge in [0.2, 0.25) is 5.91 Å². The lowest BCUT2D eigenvalue weighted by Crippen LogP contribution is -2.72. The molecule has 3 aliphatic heterocycles. The van der Waals surface area contributed by atoms with E-state index in [-0.39, 0.29) is 41.5 Å². The van der Waals surface area contributed by atoms with Gasteiger partial charge >= 0.3 is 11.6 Å². The van der Waals surface area contributed by atoms with Crippen LogP contribution in [0.2, 0.25) is 0 Å². The lowest BCUT2D eigenvalue weighted by atomic mass is 9.61. The second-order valence-electron chi connectivity index (χ2n) is 14.9. The molecule has 8 atom stereocenters. The van der Waals surface area contributed by atoms with Crippen LogP contribution >= 0.6 is 21.6 Å². The number of pyridine rings is 1.